The van der Waals surface area contributed by atoms with Crippen LogP contribution >= 0.6 is 0 Å². The topological polar surface area (TPSA) is 157 Å². The van der Waals surface area contributed by atoms with Crippen LogP contribution in [-0.4, -0.2) is 56.3 Å². The fraction of sp³-hybridized carbons (Fsp3) is 0.350. The minimum Gasteiger partial charge on any atom is -0.497 e. The van der Waals surface area contributed by atoms with Crippen molar-refractivity contribution in [3.8, 4) is 5.75 Å². The van der Waals surface area contributed by atoms with Crippen LogP contribution < -0.4 is 33.6 Å². The Kier molecular flexibility index (Phi) is 8.60. The minimum atomic E-state index is -4.94. The quantitative estimate of drug-likeness (QED) is 0.492. The van der Waals surface area contributed by atoms with Crippen LogP contribution in [0.15, 0.2) is 48.5 Å². The summed E-state index contributed by atoms with van der Waals surface area (Å²) in [7, 11) is 0.586. The van der Waals surface area contributed by atoms with E-state index in [4.69, 9.17) is 23.4 Å². The van der Waals surface area contributed by atoms with Crippen LogP contribution in [0.5, 0.6) is 5.75 Å². The van der Waals surface area contributed by atoms with Gasteiger partial charge in [-0.25, -0.2) is 18.6 Å². The first-order chi connectivity index (χ1) is 14.5. The molecule has 170 valence electrons. The number of ether oxygens (including phenoxy) is 1. The van der Waals surface area contributed by atoms with E-state index in [0.717, 1.165) is 22.7 Å². The lowest BCUT2D eigenvalue weighted by Crippen LogP contribution is -2.68. The van der Waals surface area contributed by atoms with Crippen molar-refractivity contribution in [1.82, 2.24) is 4.90 Å². The second-order valence-electron chi connectivity index (χ2n) is 7.03. The number of anilines is 2. The Morgan fingerprint density at radius 2 is 1.68 bits per heavy atom. The first-order valence-electron chi connectivity index (χ1n) is 9.26. The third kappa shape index (κ3) is 7.33. The molecule has 10 nitrogen and oxygen atoms in total. The molecule has 1 aliphatic rings. The molecule has 3 rings (SSSR count). The number of carbonyl (C=O) groups excluding carboxylic acids is 1. The molecule has 1 aliphatic heterocycles. The number of amides is 1. The van der Waals surface area contributed by atoms with Crippen LogP contribution in [-0.2, 0) is 4.79 Å². The molecule has 0 aliphatic carbocycles. The highest BCUT2D eigenvalue weighted by Crippen LogP contribution is 2.35. The lowest BCUT2D eigenvalue weighted by Gasteiger charge is -2.26. The molecule has 2 N–H and O–H groups in total. The first kappa shape index (κ1) is 24.8. The van der Waals surface area contributed by atoms with Crippen molar-refractivity contribution in [2.24, 2.45) is 0 Å². The monoisotopic (exact) mass is 454 g/mol. The van der Waals surface area contributed by atoms with E-state index in [9.17, 15) is 9.90 Å². The summed E-state index contributed by atoms with van der Waals surface area (Å²) in [5.74, 6) is 0.432. The lowest BCUT2D eigenvalue weighted by molar-refractivity contribution is -2.00. The Bertz CT molecular complexity index is 853. The van der Waals surface area contributed by atoms with Gasteiger partial charge in [-0.2, -0.15) is 0 Å². The van der Waals surface area contributed by atoms with Gasteiger partial charge in [0.05, 0.1) is 24.5 Å². The molecule has 0 fully saturated rings. The average Bonchev–Trinajstić information content (AvgIpc) is 2.80. The third-order valence-electron chi connectivity index (χ3n) is 4.59. The van der Waals surface area contributed by atoms with E-state index in [0.29, 0.717) is 13.1 Å². The molecule has 1 amide bonds. The molecule has 0 radical (unpaired) electrons. The number of carbonyl (C=O) groups is 1. The van der Waals surface area contributed by atoms with E-state index < -0.39 is 22.4 Å². The molecule has 0 bridgehead atoms. The van der Waals surface area contributed by atoms with Gasteiger partial charge in [-0.05, 0) is 43.9 Å². The zero-order valence-electron chi connectivity index (χ0n) is 17.4. The molecule has 31 heavy (non-hydrogen) atoms. The number of aliphatic hydroxyl groups is 1. The highest BCUT2D eigenvalue weighted by Gasteiger charge is 2.36. The molecule has 2 atom stereocenters. The molecular formula is C20H25ClN3O7-. The van der Waals surface area contributed by atoms with Gasteiger partial charge in [0.2, 0.25) is 0 Å². The van der Waals surface area contributed by atoms with Crippen molar-refractivity contribution in [1.29, 1.82) is 0 Å². The number of rotatable bonds is 5. The minimum absolute atomic E-state index is 0.301. The van der Waals surface area contributed by atoms with Crippen LogP contribution in [0.25, 0.3) is 0 Å². The van der Waals surface area contributed by atoms with E-state index >= 15 is 0 Å². The number of para-hydroxylation sites is 2. The number of halogens is 1. The highest BCUT2D eigenvalue weighted by molar-refractivity contribution is 6.01. The van der Waals surface area contributed by atoms with Crippen molar-refractivity contribution in [3.05, 3.63) is 54.1 Å². The predicted octanol–water partition coefficient (Wildman–Crippen LogP) is -2.64. The number of nitrogens with one attached hydrogen (secondary N) is 1. The van der Waals surface area contributed by atoms with Gasteiger partial charge in [0.1, 0.15) is 5.75 Å². The normalized spacial score (nSPS) is 18.5. The number of fused-ring (bicyclic) bond motifs is 1. The fourth-order valence-corrected chi connectivity index (χ4v) is 3.11. The van der Waals surface area contributed by atoms with E-state index in [1.165, 1.54) is 0 Å². The first-order valence-corrected chi connectivity index (χ1v) is 10.5. The van der Waals surface area contributed by atoms with Gasteiger partial charge >= 0.3 is 0 Å². The Morgan fingerprint density at radius 3 is 2.23 bits per heavy atom. The van der Waals surface area contributed by atoms with E-state index in [1.807, 2.05) is 67.5 Å². The van der Waals surface area contributed by atoms with Gasteiger partial charge in [0, 0.05) is 13.1 Å². The Labute approximate surface area is 182 Å². The van der Waals surface area contributed by atoms with Crippen LogP contribution in [0, 0.1) is 10.2 Å². The maximum absolute atomic E-state index is 13.0. The fourth-order valence-electron chi connectivity index (χ4n) is 3.11. The van der Waals surface area contributed by atoms with E-state index in [2.05, 4.69) is 5.32 Å². The molecule has 0 spiro atoms. The molecule has 11 heteroatoms. The molecule has 2 aromatic carbocycles. The predicted molar refractivity (Wildman–Crippen MR) is 103 cm³/mol. The largest absolute Gasteiger partial charge is 0.497 e. The van der Waals surface area contributed by atoms with E-state index in [1.54, 1.807) is 12.0 Å². The summed E-state index contributed by atoms with van der Waals surface area (Å²) >= 11 is 0. The number of aliphatic hydroxyl groups excluding tert-OH is 1. The molecule has 0 saturated carbocycles. The van der Waals surface area contributed by atoms with Gasteiger partial charge in [-0.3, -0.25) is 4.79 Å². The highest BCUT2D eigenvalue weighted by atomic mass is 35.7. The van der Waals surface area contributed by atoms with Gasteiger partial charge < -0.3 is 25.0 Å². The smallest absolute Gasteiger partial charge is 0.258 e. The molecular weight excluding hydrogens is 430 g/mol. The Balaban J connectivity index is 0.000000614. The van der Waals surface area contributed by atoms with Crippen LogP contribution in [0.2, 0.25) is 0 Å². The second kappa shape index (κ2) is 10.7. The van der Waals surface area contributed by atoms with Gasteiger partial charge in [0.15, 0.2) is 6.10 Å². The molecule has 0 saturated heterocycles. The van der Waals surface area contributed by atoms with Crippen LogP contribution in [0.1, 0.15) is 11.6 Å². The number of benzene rings is 2. The molecule has 2 unspecified atom stereocenters. The second-order valence-corrected chi connectivity index (χ2v) is 7.78. The average molecular weight is 455 g/mol. The van der Waals surface area contributed by atoms with Crippen molar-refractivity contribution >= 4 is 17.3 Å². The van der Waals surface area contributed by atoms with Crippen LogP contribution in [0.3, 0.4) is 0 Å². The van der Waals surface area contributed by atoms with Crippen molar-refractivity contribution in [3.63, 3.8) is 0 Å². The van der Waals surface area contributed by atoms with Crippen molar-refractivity contribution < 1.29 is 43.5 Å². The number of likely N-dealkylation sites (N-methyl/N-ethyl adjacent to an activating group) is 1. The van der Waals surface area contributed by atoms with Gasteiger partial charge in [-0.1, -0.05) is 24.3 Å². The molecule has 2 aromatic rings. The summed E-state index contributed by atoms with van der Waals surface area (Å²) in [6, 6.07) is 14.5. The lowest BCUT2D eigenvalue weighted by atomic mass is 10.0. The standard InChI is InChI=1S/C20H25N3O3.ClHO4/c1-22(2)12-13-23-17-7-5-4-6-16(17)21-18(19(24)20(23)25)14-8-10-15(26-3)11-9-14;2-1(3,4)5/h4-11,18-19,21,24H,12-13H2,1-3H3;(H,2,3,4,5)/p-1. The summed E-state index contributed by atoms with van der Waals surface area (Å²) < 4.78 is 39.2. The molecule has 0 aromatic heterocycles. The SMILES string of the molecule is COc1ccc(C2Nc3ccccc3N(CCN(C)C)C(=O)C2O)cc1.[O-][Cl+3]([O-])([O-])[O-]. The molecule has 1 heterocycles. The number of hydrogen-bond acceptors (Lipinski definition) is 9. The number of hydrogen-bond donors (Lipinski definition) is 2. The zero-order chi connectivity index (χ0) is 23.2. The van der Waals surface area contributed by atoms with Crippen molar-refractivity contribution in [2.45, 2.75) is 12.1 Å². The zero-order valence-corrected chi connectivity index (χ0v) is 18.1. The number of methoxy groups -OCH3 is 1. The maximum atomic E-state index is 13.0. The summed E-state index contributed by atoms with van der Waals surface area (Å²) in [4.78, 5) is 16.7. The number of nitrogens with zero attached hydrogens (tertiary/aromatic N) is 2. The Hall–Kier alpha value is -2.44. The van der Waals surface area contributed by atoms with Gasteiger partial charge in [-0.15, -0.1) is 10.2 Å². The Morgan fingerprint density at radius 1 is 1.10 bits per heavy atom. The van der Waals surface area contributed by atoms with Gasteiger partial charge in [0.25, 0.3) is 5.91 Å². The summed E-state index contributed by atoms with van der Waals surface area (Å²) in [5.41, 5.74) is 2.45. The summed E-state index contributed by atoms with van der Waals surface area (Å²) in [6.07, 6.45) is -1.18. The van der Waals surface area contributed by atoms with E-state index in [-0.39, 0.29) is 5.91 Å². The summed E-state index contributed by atoms with van der Waals surface area (Å²) in [5, 5.41) is 14.2. The van der Waals surface area contributed by atoms with Crippen LogP contribution in [0.4, 0.5) is 11.4 Å². The van der Waals surface area contributed by atoms with Crippen molar-refractivity contribution in [2.75, 3.05) is 44.5 Å². The third-order valence-corrected chi connectivity index (χ3v) is 4.59. The maximum Gasteiger partial charge on any atom is 0.258 e. The summed E-state index contributed by atoms with van der Waals surface area (Å²) in [6.45, 7) is 1.22.